The Balaban J connectivity index is 1.86. The number of amides is 2. The van der Waals surface area contributed by atoms with Crippen LogP contribution in [0.1, 0.15) is 30.9 Å². The van der Waals surface area contributed by atoms with Crippen LogP contribution in [0.4, 0.5) is 5.82 Å². The predicted molar refractivity (Wildman–Crippen MR) is 76.7 cm³/mol. The first-order chi connectivity index (χ1) is 10.0. The highest BCUT2D eigenvalue weighted by Gasteiger charge is 2.33. The SMILES string of the molecule is CC(=O)N1CC[C@@H]1c1cc(N2CCNC(=O)C2)nc(C)n1. The summed E-state index contributed by atoms with van der Waals surface area (Å²) in [5, 5.41) is 2.80. The van der Waals surface area contributed by atoms with E-state index in [1.807, 2.05) is 22.8 Å². The highest BCUT2D eigenvalue weighted by Crippen LogP contribution is 2.33. The summed E-state index contributed by atoms with van der Waals surface area (Å²) < 4.78 is 0. The summed E-state index contributed by atoms with van der Waals surface area (Å²) in [6.45, 7) is 5.88. The third-order valence-electron chi connectivity index (χ3n) is 3.97. The van der Waals surface area contributed by atoms with Crippen molar-refractivity contribution in [3.63, 3.8) is 0 Å². The van der Waals surface area contributed by atoms with Gasteiger partial charge >= 0.3 is 0 Å². The van der Waals surface area contributed by atoms with Crippen molar-refractivity contribution in [2.24, 2.45) is 0 Å². The summed E-state index contributed by atoms with van der Waals surface area (Å²) in [7, 11) is 0. The van der Waals surface area contributed by atoms with Crippen LogP contribution >= 0.6 is 0 Å². The number of nitrogens with one attached hydrogen (secondary N) is 1. The van der Waals surface area contributed by atoms with Gasteiger partial charge in [0.15, 0.2) is 0 Å². The maximum Gasteiger partial charge on any atom is 0.239 e. The van der Waals surface area contributed by atoms with E-state index in [2.05, 4.69) is 15.3 Å². The minimum atomic E-state index is 0.00747. The van der Waals surface area contributed by atoms with Crippen LogP contribution < -0.4 is 10.2 Å². The Morgan fingerprint density at radius 1 is 1.38 bits per heavy atom. The lowest BCUT2D eigenvalue weighted by molar-refractivity contribution is -0.136. The molecule has 21 heavy (non-hydrogen) atoms. The Hall–Kier alpha value is -2.18. The third-order valence-corrected chi connectivity index (χ3v) is 3.97. The fraction of sp³-hybridized carbons (Fsp3) is 0.571. The summed E-state index contributed by atoms with van der Waals surface area (Å²) in [5.41, 5.74) is 0.866. The molecular weight excluding hydrogens is 270 g/mol. The van der Waals surface area contributed by atoms with Crippen LogP contribution in [0.25, 0.3) is 0 Å². The standard InChI is InChI=1S/C14H19N5O2/c1-9-16-11(12-3-5-19(12)10(2)20)7-13(17-9)18-6-4-15-14(21)8-18/h7,12H,3-6,8H2,1-2H3,(H,15,21)/t12-/m1/s1. The average Bonchev–Trinajstić information content (AvgIpc) is 2.36. The summed E-state index contributed by atoms with van der Waals surface area (Å²) in [5.74, 6) is 1.51. The van der Waals surface area contributed by atoms with Crippen LogP contribution in [0.5, 0.6) is 0 Å². The second kappa shape index (κ2) is 5.31. The van der Waals surface area contributed by atoms with E-state index in [1.54, 1.807) is 6.92 Å². The minimum Gasteiger partial charge on any atom is -0.353 e. The van der Waals surface area contributed by atoms with Gasteiger partial charge < -0.3 is 15.1 Å². The van der Waals surface area contributed by atoms with Crippen molar-refractivity contribution in [1.29, 1.82) is 0 Å². The molecule has 3 rings (SSSR count). The highest BCUT2D eigenvalue weighted by atomic mass is 16.2. The molecule has 1 atom stereocenters. The maximum absolute atomic E-state index is 11.5. The Kier molecular flexibility index (Phi) is 3.48. The fourth-order valence-corrected chi connectivity index (χ4v) is 2.81. The molecule has 2 aliphatic rings. The molecule has 2 aliphatic heterocycles. The van der Waals surface area contributed by atoms with Crippen molar-refractivity contribution in [3.05, 3.63) is 17.6 Å². The lowest BCUT2D eigenvalue weighted by atomic mass is 9.99. The Labute approximate surface area is 123 Å². The summed E-state index contributed by atoms with van der Waals surface area (Å²) in [4.78, 5) is 35.7. The third kappa shape index (κ3) is 2.68. The quantitative estimate of drug-likeness (QED) is 0.830. The zero-order chi connectivity index (χ0) is 15.0. The van der Waals surface area contributed by atoms with Crippen molar-refractivity contribution < 1.29 is 9.59 Å². The van der Waals surface area contributed by atoms with E-state index in [0.717, 1.165) is 31.0 Å². The molecule has 1 aromatic rings. The zero-order valence-electron chi connectivity index (χ0n) is 12.3. The van der Waals surface area contributed by atoms with E-state index in [9.17, 15) is 9.59 Å². The van der Waals surface area contributed by atoms with Crippen molar-refractivity contribution in [3.8, 4) is 0 Å². The second-order valence-electron chi connectivity index (χ2n) is 5.49. The van der Waals surface area contributed by atoms with E-state index >= 15 is 0 Å². The molecule has 3 heterocycles. The van der Waals surface area contributed by atoms with Crippen LogP contribution in [-0.2, 0) is 9.59 Å². The molecule has 0 aliphatic carbocycles. The minimum absolute atomic E-state index is 0.00747. The van der Waals surface area contributed by atoms with Gasteiger partial charge in [0, 0.05) is 32.6 Å². The zero-order valence-corrected chi connectivity index (χ0v) is 12.3. The topological polar surface area (TPSA) is 78.4 Å². The molecular formula is C14H19N5O2. The number of piperazine rings is 1. The molecule has 2 saturated heterocycles. The van der Waals surface area contributed by atoms with E-state index in [-0.39, 0.29) is 17.9 Å². The van der Waals surface area contributed by atoms with Crippen LogP contribution in [0.15, 0.2) is 6.07 Å². The summed E-state index contributed by atoms with van der Waals surface area (Å²) in [6.07, 6.45) is 0.927. The Morgan fingerprint density at radius 3 is 2.81 bits per heavy atom. The number of aromatic nitrogens is 2. The number of likely N-dealkylation sites (tertiary alicyclic amines) is 1. The first kappa shape index (κ1) is 13.8. The largest absolute Gasteiger partial charge is 0.353 e. The van der Waals surface area contributed by atoms with Crippen molar-refractivity contribution in [2.75, 3.05) is 31.1 Å². The van der Waals surface area contributed by atoms with E-state index in [4.69, 9.17) is 0 Å². The summed E-state index contributed by atoms with van der Waals surface area (Å²) >= 11 is 0. The smallest absolute Gasteiger partial charge is 0.239 e. The number of aryl methyl sites for hydroxylation is 1. The Bertz CT molecular complexity index is 566. The van der Waals surface area contributed by atoms with Crippen LogP contribution in [-0.4, -0.2) is 52.9 Å². The van der Waals surface area contributed by atoms with Crippen LogP contribution in [0.3, 0.4) is 0 Å². The van der Waals surface area contributed by atoms with Gasteiger partial charge in [0.2, 0.25) is 11.8 Å². The molecule has 0 aromatic carbocycles. The van der Waals surface area contributed by atoms with Crippen molar-refractivity contribution >= 4 is 17.6 Å². The van der Waals surface area contributed by atoms with Gasteiger partial charge in [-0.05, 0) is 13.3 Å². The lowest BCUT2D eigenvalue weighted by Gasteiger charge is -2.40. The van der Waals surface area contributed by atoms with Gasteiger partial charge in [-0.1, -0.05) is 0 Å². The first-order valence-electron chi connectivity index (χ1n) is 7.19. The maximum atomic E-state index is 11.5. The Morgan fingerprint density at radius 2 is 2.19 bits per heavy atom. The average molecular weight is 289 g/mol. The number of carbonyl (C=O) groups excluding carboxylic acids is 2. The van der Waals surface area contributed by atoms with Gasteiger partial charge in [0.1, 0.15) is 11.6 Å². The fourth-order valence-electron chi connectivity index (χ4n) is 2.81. The number of nitrogens with zero attached hydrogens (tertiary/aromatic N) is 4. The van der Waals surface area contributed by atoms with Gasteiger partial charge in [-0.25, -0.2) is 9.97 Å². The van der Waals surface area contributed by atoms with Crippen molar-refractivity contribution in [2.45, 2.75) is 26.3 Å². The first-order valence-corrected chi connectivity index (χ1v) is 7.19. The number of hydrogen-bond donors (Lipinski definition) is 1. The number of rotatable bonds is 2. The number of carbonyl (C=O) groups is 2. The molecule has 2 amide bonds. The molecule has 7 heteroatoms. The molecule has 2 fully saturated rings. The van der Waals surface area contributed by atoms with Gasteiger partial charge in [-0.3, -0.25) is 9.59 Å². The molecule has 1 aromatic heterocycles. The molecule has 0 radical (unpaired) electrons. The van der Waals surface area contributed by atoms with Gasteiger partial charge in [-0.2, -0.15) is 0 Å². The molecule has 0 saturated carbocycles. The van der Waals surface area contributed by atoms with Gasteiger partial charge in [0.05, 0.1) is 18.3 Å². The monoisotopic (exact) mass is 289 g/mol. The van der Waals surface area contributed by atoms with Crippen LogP contribution in [0.2, 0.25) is 0 Å². The highest BCUT2D eigenvalue weighted by molar-refractivity contribution is 5.82. The number of hydrogen-bond acceptors (Lipinski definition) is 5. The summed E-state index contributed by atoms with van der Waals surface area (Å²) in [6, 6.07) is 1.95. The number of anilines is 1. The lowest BCUT2D eigenvalue weighted by Crippen LogP contribution is -2.48. The normalized spacial score (nSPS) is 21.8. The molecule has 0 spiro atoms. The molecule has 112 valence electrons. The van der Waals surface area contributed by atoms with E-state index < -0.39 is 0 Å². The molecule has 1 N–H and O–H groups in total. The van der Waals surface area contributed by atoms with Crippen molar-refractivity contribution in [1.82, 2.24) is 20.2 Å². The van der Waals surface area contributed by atoms with E-state index in [1.165, 1.54) is 0 Å². The molecule has 0 unspecified atom stereocenters. The van der Waals surface area contributed by atoms with E-state index in [0.29, 0.717) is 18.9 Å². The molecule has 0 bridgehead atoms. The molecule has 7 nitrogen and oxygen atoms in total. The predicted octanol–water partition coefficient (Wildman–Crippen LogP) is 0.0145. The van der Waals surface area contributed by atoms with Gasteiger partial charge in [-0.15, -0.1) is 0 Å². The second-order valence-corrected chi connectivity index (χ2v) is 5.49. The van der Waals surface area contributed by atoms with Crippen LogP contribution in [0, 0.1) is 6.92 Å². The van der Waals surface area contributed by atoms with Gasteiger partial charge in [0.25, 0.3) is 0 Å².